The van der Waals surface area contributed by atoms with Gasteiger partial charge in [0.1, 0.15) is 11.3 Å². The zero-order chi connectivity index (χ0) is 10.9. The molecule has 0 unspecified atom stereocenters. The number of hydrogen-bond acceptors (Lipinski definition) is 3. The molecule has 0 aliphatic heterocycles. The number of halogens is 3. The zero-order valence-electron chi connectivity index (χ0n) is 7.00. The van der Waals surface area contributed by atoms with Crippen LogP contribution in [0, 0.1) is 22.9 Å². The first-order valence-corrected chi connectivity index (χ1v) is 3.52. The minimum Gasteiger partial charge on any atom is -0.258 e. The fraction of sp³-hybridized carbons (Fsp3) is 0.286. The Balaban J connectivity index is 3.50. The highest BCUT2D eigenvalue weighted by Gasteiger charge is 2.28. The Hall–Kier alpha value is -1.66. The van der Waals surface area contributed by atoms with Gasteiger partial charge < -0.3 is 0 Å². The molecule has 76 valence electrons. The van der Waals surface area contributed by atoms with Gasteiger partial charge in [-0.25, -0.2) is 13.2 Å². The van der Waals surface area contributed by atoms with E-state index in [1.165, 1.54) is 6.92 Å². The number of aryl methyl sites for hydroxylation is 1. The van der Waals surface area contributed by atoms with Gasteiger partial charge in [0.2, 0.25) is 0 Å². The lowest BCUT2D eigenvalue weighted by Crippen LogP contribution is -2.03. The molecule has 0 N–H and O–H groups in total. The van der Waals surface area contributed by atoms with E-state index in [1.807, 2.05) is 0 Å². The fourth-order valence-electron chi connectivity index (χ4n) is 1.03. The van der Waals surface area contributed by atoms with Crippen molar-refractivity contribution in [2.45, 2.75) is 13.3 Å². The van der Waals surface area contributed by atoms with Crippen molar-refractivity contribution in [3.63, 3.8) is 0 Å². The molecular weight excluding hydrogens is 201 g/mol. The third kappa shape index (κ3) is 1.66. The third-order valence-electron chi connectivity index (χ3n) is 1.63. The molecule has 1 aromatic heterocycles. The van der Waals surface area contributed by atoms with E-state index in [4.69, 9.17) is 0 Å². The van der Waals surface area contributed by atoms with Crippen LogP contribution in [0.2, 0.25) is 0 Å². The van der Waals surface area contributed by atoms with E-state index in [9.17, 15) is 23.3 Å². The van der Waals surface area contributed by atoms with Gasteiger partial charge in [-0.05, 0) is 6.92 Å². The number of aromatic nitrogens is 1. The first-order chi connectivity index (χ1) is 6.45. The average molecular weight is 206 g/mol. The van der Waals surface area contributed by atoms with E-state index in [0.29, 0.717) is 6.20 Å². The Kier molecular flexibility index (Phi) is 2.68. The van der Waals surface area contributed by atoms with Crippen LogP contribution in [-0.4, -0.2) is 9.91 Å². The van der Waals surface area contributed by atoms with Crippen LogP contribution in [0.15, 0.2) is 6.20 Å². The van der Waals surface area contributed by atoms with Crippen molar-refractivity contribution < 1.29 is 18.1 Å². The molecule has 1 aromatic rings. The van der Waals surface area contributed by atoms with E-state index in [1.54, 1.807) is 0 Å². The van der Waals surface area contributed by atoms with Gasteiger partial charge in [0.05, 0.1) is 11.1 Å². The van der Waals surface area contributed by atoms with Crippen LogP contribution in [0.1, 0.15) is 17.7 Å². The van der Waals surface area contributed by atoms with Crippen LogP contribution < -0.4 is 0 Å². The van der Waals surface area contributed by atoms with Gasteiger partial charge in [0, 0.05) is 0 Å². The van der Waals surface area contributed by atoms with Crippen molar-refractivity contribution in [3.8, 4) is 0 Å². The zero-order valence-corrected chi connectivity index (χ0v) is 7.00. The minimum absolute atomic E-state index is 0.230. The molecule has 0 bridgehead atoms. The SMILES string of the molecule is Cc1ncc(F)c(C(F)F)c1[N+](=O)[O-]. The maximum Gasteiger partial charge on any atom is 0.302 e. The van der Waals surface area contributed by atoms with Crippen LogP contribution in [0.25, 0.3) is 0 Å². The van der Waals surface area contributed by atoms with Gasteiger partial charge in [-0.2, -0.15) is 0 Å². The summed E-state index contributed by atoms with van der Waals surface area (Å²) < 4.78 is 37.3. The molecule has 0 spiro atoms. The second kappa shape index (κ2) is 3.60. The predicted octanol–water partition coefficient (Wildman–Crippen LogP) is 2.37. The summed E-state index contributed by atoms with van der Waals surface area (Å²) in [6.07, 6.45) is -2.68. The van der Waals surface area contributed by atoms with E-state index in [2.05, 4.69) is 4.98 Å². The minimum atomic E-state index is -3.22. The van der Waals surface area contributed by atoms with Crippen molar-refractivity contribution in [2.75, 3.05) is 0 Å². The van der Waals surface area contributed by atoms with Crippen molar-refractivity contribution >= 4 is 5.69 Å². The van der Waals surface area contributed by atoms with E-state index >= 15 is 0 Å². The summed E-state index contributed by atoms with van der Waals surface area (Å²) in [7, 11) is 0. The summed E-state index contributed by atoms with van der Waals surface area (Å²) in [6.45, 7) is 1.17. The molecule has 1 rings (SSSR count). The van der Waals surface area contributed by atoms with Crippen molar-refractivity contribution in [2.24, 2.45) is 0 Å². The Morgan fingerprint density at radius 1 is 1.57 bits per heavy atom. The lowest BCUT2D eigenvalue weighted by molar-refractivity contribution is -0.387. The van der Waals surface area contributed by atoms with Gasteiger partial charge in [0.25, 0.3) is 6.43 Å². The topological polar surface area (TPSA) is 56.0 Å². The Morgan fingerprint density at radius 2 is 2.14 bits per heavy atom. The van der Waals surface area contributed by atoms with E-state index < -0.39 is 28.4 Å². The van der Waals surface area contributed by atoms with Gasteiger partial charge >= 0.3 is 5.69 Å². The summed E-state index contributed by atoms with van der Waals surface area (Å²) >= 11 is 0. The molecule has 0 aliphatic carbocycles. The molecule has 0 amide bonds. The molecule has 0 fully saturated rings. The molecule has 0 aliphatic rings. The number of nitrogens with zero attached hydrogens (tertiary/aromatic N) is 2. The fourth-order valence-corrected chi connectivity index (χ4v) is 1.03. The quantitative estimate of drug-likeness (QED) is 0.551. The highest BCUT2D eigenvalue weighted by Crippen LogP contribution is 2.32. The van der Waals surface area contributed by atoms with Gasteiger partial charge in [-0.1, -0.05) is 0 Å². The normalized spacial score (nSPS) is 10.6. The van der Waals surface area contributed by atoms with Gasteiger partial charge in [-0.15, -0.1) is 0 Å². The molecule has 1 heterocycles. The highest BCUT2D eigenvalue weighted by atomic mass is 19.3. The summed E-state index contributed by atoms with van der Waals surface area (Å²) in [4.78, 5) is 12.6. The molecule has 14 heavy (non-hydrogen) atoms. The largest absolute Gasteiger partial charge is 0.302 e. The van der Waals surface area contributed by atoms with E-state index in [-0.39, 0.29) is 5.69 Å². The molecule has 0 atom stereocenters. The standard InChI is InChI=1S/C7H5F3N2O2/c1-3-6(12(13)14)5(7(9)10)4(8)2-11-3/h2,7H,1H3. The first-order valence-electron chi connectivity index (χ1n) is 3.52. The Morgan fingerprint density at radius 3 is 2.50 bits per heavy atom. The molecule has 0 saturated heterocycles. The first kappa shape index (κ1) is 10.4. The molecular formula is C7H5F3N2O2. The lowest BCUT2D eigenvalue weighted by Gasteiger charge is -2.04. The summed E-state index contributed by atoms with van der Waals surface area (Å²) in [5.41, 5.74) is -2.39. The molecule has 0 radical (unpaired) electrons. The summed E-state index contributed by atoms with van der Waals surface area (Å²) in [6, 6.07) is 0. The molecule has 4 nitrogen and oxygen atoms in total. The van der Waals surface area contributed by atoms with Crippen LogP contribution in [0.4, 0.5) is 18.9 Å². The van der Waals surface area contributed by atoms with Gasteiger partial charge in [-0.3, -0.25) is 15.1 Å². The second-order valence-electron chi connectivity index (χ2n) is 2.51. The smallest absolute Gasteiger partial charge is 0.258 e. The van der Waals surface area contributed by atoms with E-state index in [0.717, 1.165) is 0 Å². The number of rotatable bonds is 2. The summed E-state index contributed by atoms with van der Waals surface area (Å²) in [5.74, 6) is -1.36. The average Bonchev–Trinajstić information content (AvgIpc) is 2.07. The van der Waals surface area contributed by atoms with Crippen molar-refractivity contribution in [3.05, 3.63) is 33.4 Å². The third-order valence-corrected chi connectivity index (χ3v) is 1.63. The summed E-state index contributed by atoms with van der Waals surface area (Å²) in [5, 5.41) is 10.4. The number of nitro groups is 1. The van der Waals surface area contributed by atoms with Crippen LogP contribution in [0.3, 0.4) is 0 Å². The lowest BCUT2D eigenvalue weighted by atomic mass is 10.2. The Labute approximate surface area is 76.5 Å². The second-order valence-corrected chi connectivity index (χ2v) is 2.51. The highest BCUT2D eigenvalue weighted by molar-refractivity contribution is 5.44. The van der Waals surface area contributed by atoms with Crippen molar-refractivity contribution in [1.82, 2.24) is 4.98 Å². The van der Waals surface area contributed by atoms with Gasteiger partial charge in [0.15, 0.2) is 5.82 Å². The van der Waals surface area contributed by atoms with Crippen LogP contribution in [-0.2, 0) is 0 Å². The van der Waals surface area contributed by atoms with Crippen LogP contribution >= 0.6 is 0 Å². The predicted molar refractivity (Wildman–Crippen MR) is 40.5 cm³/mol. The maximum atomic E-state index is 12.8. The molecule has 0 saturated carbocycles. The maximum absolute atomic E-state index is 12.8. The monoisotopic (exact) mass is 206 g/mol. The Bertz CT molecular complexity index is 381. The van der Waals surface area contributed by atoms with Crippen LogP contribution in [0.5, 0.6) is 0 Å². The number of pyridine rings is 1. The molecule has 7 heteroatoms. The van der Waals surface area contributed by atoms with Crippen molar-refractivity contribution in [1.29, 1.82) is 0 Å². The number of alkyl halides is 2. The number of hydrogen-bond donors (Lipinski definition) is 0. The molecule has 0 aromatic carbocycles.